The minimum atomic E-state index is -3.41. The maximum Gasteiger partial charge on any atom is 0.234 e. The van der Waals surface area contributed by atoms with Crippen molar-refractivity contribution in [3.63, 3.8) is 0 Å². The highest BCUT2D eigenvalue weighted by Crippen LogP contribution is 2.22. The van der Waals surface area contributed by atoms with Crippen molar-refractivity contribution in [3.8, 4) is 0 Å². The van der Waals surface area contributed by atoms with E-state index in [0.717, 1.165) is 0 Å². The Kier molecular flexibility index (Phi) is 4.35. The van der Waals surface area contributed by atoms with Gasteiger partial charge in [-0.15, -0.1) is 0 Å². The number of nitrogens with zero attached hydrogens (tertiary/aromatic N) is 2. The zero-order valence-corrected chi connectivity index (χ0v) is 11.0. The molecule has 1 aromatic heterocycles. The molecule has 1 aromatic rings. The van der Waals surface area contributed by atoms with E-state index in [0.29, 0.717) is 30.2 Å². The van der Waals surface area contributed by atoms with Crippen molar-refractivity contribution >= 4 is 21.5 Å². The third-order valence-corrected chi connectivity index (χ3v) is 3.61. The number of nitrogens with two attached hydrogens (primary N) is 1. The maximum absolute atomic E-state index is 11.7. The van der Waals surface area contributed by atoms with E-state index in [2.05, 4.69) is 9.82 Å². The first kappa shape index (κ1) is 13.8. The van der Waals surface area contributed by atoms with Gasteiger partial charge < -0.3 is 10.5 Å². The lowest BCUT2D eigenvalue weighted by Crippen LogP contribution is -2.20. The van der Waals surface area contributed by atoms with Crippen molar-refractivity contribution in [3.05, 3.63) is 5.69 Å². The number of aryl methyl sites for hydroxylation is 2. The van der Waals surface area contributed by atoms with Crippen LogP contribution >= 0.6 is 0 Å². The number of sulfonamides is 1. The monoisotopic (exact) mass is 262 g/mol. The highest BCUT2D eigenvalue weighted by atomic mass is 32.2. The maximum atomic E-state index is 11.7. The number of nitrogens with one attached hydrogen (secondary N) is 1. The third-order valence-electron chi connectivity index (χ3n) is 2.28. The van der Waals surface area contributed by atoms with Crippen molar-refractivity contribution in [2.24, 2.45) is 7.05 Å². The van der Waals surface area contributed by atoms with Gasteiger partial charge in [0.15, 0.2) is 5.82 Å². The van der Waals surface area contributed by atoms with Crippen LogP contribution in [0.15, 0.2) is 0 Å². The van der Waals surface area contributed by atoms with E-state index in [1.165, 1.54) is 11.8 Å². The number of hydrogen-bond acceptors (Lipinski definition) is 5. The second-order valence-corrected chi connectivity index (χ2v) is 5.58. The van der Waals surface area contributed by atoms with Crippen molar-refractivity contribution < 1.29 is 13.2 Å². The Bertz CT molecular complexity index is 481. The molecule has 0 saturated heterocycles. The van der Waals surface area contributed by atoms with Crippen LogP contribution in [0.1, 0.15) is 12.1 Å². The van der Waals surface area contributed by atoms with Gasteiger partial charge >= 0.3 is 0 Å². The van der Waals surface area contributed by atoms with Crippen LogP contribution in [0.5, 0.6) is 0 Å². The summed E-state index contributed by atoms with van der Waals surface area (Å²) in [6, 6.07) is 0. The summed E-state index contributed by atoms with van der Waals surface area (Å²) in [4.78, 5) is 0. The predicted molar refractivity (Wildman–Crippen MR) is 66.3 cm³/mol. The van der Waals surface area contributed by atoms with Crippen LogP contribution in [-0.4, -0.2) is 37.7 Å². The van der Waals surface area contributed by atoms with Crippen molar-refractivity contribution in [2.75, 3.05) is 29.9 Å². The van der Waals surface area contributed by atoms with Gasteiger partial charge in [0.25, 0.3) is 0 Å². The lowest BCUT2D eigenvalue weighted by molar-refractivity contribution is 0.199. The van der Waals surface area contributed by atoms with Gasteiger partial charge in [-0.2, -0.15) is 5.10 Å². The fourth-order valence-electron chi connectivity index (χ4n) is 1.39. The van der Waals surface area contributed by atoms with Crippen LogP contribution < -0.4 is 10.5 Å². The second-order valence-electron chi connectivity index (χ2n) is 3.74. The summed E-state index contributed by atoms with van der Waals surface area (Å²) >= 11 is 0. The zero-order chi connectivity index (χ0) is 13.1. The summed E-state index contributed by atoms with van der Waals surface area (Å²) < 4.78 is 32.1. The van der Waals surface area contributed by atoms with Crippen LogP contribution in [0.4, 0.5) is 11.5 Å². The summed E-state index contributed by atoms with van der Waals surface area (Å²) in [5, 5.41) is 4.03. The smallest absolute Gasteiger partial charge is 0.234 e. The van der Waals surface area contributed by atoms with Gasteiger partial charge in [0.2, 0.25) is 10.0 Å². The molecule has 8 heteroatoms. The van der Waals surface area contributed by atoms with Gasteiger partial charge in [-0.25, -0.2) is 13.1 Å². The lowest BCUT2D eigenvalue weighted by Gasteiger charge is -2.08. The summed E-state index contributed by atoms with van der Waals surface area (Å²) in [7, 11) is -0.244. The Hall–Kier alpha value is -1.28. The summed E-state index contributed by atoms with van der Waals surface area (Å²) in [5.41, 5.74) is 6.68. The number of nitrogen functional groups attached to an aromatic ring is 1. The molecule has 0 aliphatic heterocycles. The normalized spacial score (nSPS) is 11.7. The van der Waals surface area contributed by atoms with Gasteiger partial charge in [0, 0.05) is 20.8 Å². The number of rotatable bonds is 6. The molecule has 0 unspecified atom stereocenters. The molecule has 17 heavy (non-hydrogen) atoms. The number of anilines is 2. The molecule has 0 spiro atoms. The number of methoxy groups -OCH3 is 1. The SMILES string of the molecule is COCCCS(=O)(=O)Nc1c(N)c(C)nn1C. The van der Waals surface area contributed by atoms with E-state index in [4.69, 9.17) is 10.5 Å². The largest absolute Gasteiger partial charge is 0.394 e. The molecule has 7 nitrogen and oxygen atoms in total. The topological polar surface area (TPSA) is 99.2 Å². The summed E-state index contributed by atoms with van der Waals surface area (Å²) in [5.74, 6) is 0.296. The molecule has 0 fully saturated rings. The Morgan fingerprint density at radius 3 is 2.65 bits per heavy atom. The first-order chi connectivity index (χ1) is 7.87. The zero-order valence-electron chi connectivity index (χ0n) is 10.2. The molecule has 1 rings (SSSR count). The predicted octanol–water partition coefficient (Wildman–Crippen LogP) is 0.0889. The first-order valence-electron chi connectivity index (χ1n) is 5.16. The van der Waals surface area contributed by atoms with E-state index in [1.807, 2.05) is 0 Å². The quantitative estimate of drug-likeness (QED) is 0.708. The molecule has 0 saturated carbocycles. The fraction of sp³-hybridized carbons (Fsp3) is 0.667. The molecular weight excluding hydrogens is 244 g/mol. The Balaban J connectivity index is 2.76. The molecule has 0 atom stereocenters. The summed E-state index contributed by atoms with van der Waals surface area (Å²) in [6.45, 7) is 2.12. The van der Waals surface area contributed by atoms with E-state index >= 15 is 0 Å². The molecule has 0 aliphatic carbocycles. The third kappa shape index (κ3) is 3.60. The molecular formula is C9H18N4O3S. The molecule has 3 N–H and O–H groups in total. The second kappa shape index (κ2) is 5.37. The van der Waals surface area contributed by atoms with Crippen molar-refractivity contribution in [1.29, 1.82) is 0 Å². The lowest BCUT2D eigenvalue weighted by atomic mass is 10.4. The summed E-state index contributed by atoms with van der Waals surface area (Å²) in [6.07, 6.45) is 0.433. The molecule has 0 bridgehead atoms. The van der Waals surface area contributed by atoms with Crippen LogP contribution in [0.3, 0.4) is 0 Å². The van der Waals surface area contributed by atoms with Crippen LogP contribution in [0.2, 0.25) is 0 Å². The highest BCUT2D eigenvalue weighted by molar-refractivity contribution is 7.92. The number of hydrogen-bond donors (Lipinski definition) is 2. The van der Waals surface area contributed by atoms with Gasteiger partial charge in [-0.05, 0) is 13.3 Å². The fourth-order valence-corrected chi connectivity index (χ4v) is 2.52. The Morgan fingerprint density at radius 2 is 2.18 bits per heavy atom. The van der Waals surface area contributed by atoms with Crippen LogP contribution in [0, 0.1) is 6.92 Å². The molecule has 0 aliphatic rings. The van der Waals surface area contributed by atoms with Crippen LogP contribution in [-0.2, 0) is 21.8 Å². The molecule has 1 heterocycles. The molecule has 0 aromatic carbocycles. The van der Waals surface area contributed by atoms with E-state index < -0.39 is 10.0 Å². The van der Waals surface area contributed by atoms with Gasteiger partial charge in [-0.3, -0.25) is 4.72 Å². The Morgan fingerprint density at radius 1 is 1.53 bits per heavy atom. The molecule has 0 radical (unpaired) electrons. The number of aromatic nitrogens is 2. The van der Waals surface area contributed by atoms with E-state index in [9.17, 15) is 8.42 Å². The van der Waals surface area contributed by atoms with Gasteiger partial charge in [0.1, 0.15) is 0 Å². The van der Waals surface area contributed by atoms with Crippen molar-refractivity contribution in [1.82, 2.24) is 9.78 Å². The highest BCUT2D eigenvalue weighted by Gasteiger charge is 2.16. The molecule has 0 amide bonds. The van der Waals surface area contributed by atoms with Gasteiger partial charge in [-0.1, -0.05) is 0 Å². The number of ether oxygens (including phenoxy) is 1. The Labute approximate surface area is 101 Å². The first-order valence-corrected chi connectivity index (χ1v) is 6.81. The van der Waals surface area contributed by atoms with Crippen LogP contribution in [0.25, 0.3) is 0 Å². The average molecular weight is 262 g/mol. The van der Waals surface area contributed by atoms with Crippen molar-refractivity contribution in [2.45, 2.75) is 13.3 Å². The molecule has 98 valence electrons. The standard InChI is InChI=1S/C9H18N4O3S/c1-7-8(10)9(13(2)11-7)12-17(14,15)6-4-5-16-3/h12H,4-6,10H2,1-3H3. The average Bonchev–Trinajstić information content (AvgIpc) is 2.45. The van der Waals surface area contributed by atoms with Gasteiger partial charge in [0.05, 0.1) is 17.1 Å². The minimum Gasteiger partial charge on any atom is -0.394 e. The van der Waals surface area contributed by atoms with E-state index in [-0.39, 0.29) is 5.75 Å². The minimum absolute atomic E-state index is 0.00942. The van der Waals surface area contributed by atoms with E-state index in [1.54, 1.807) is 14.0 Å².